The fourth-order valence-electron chi connectivity index (χ4n) is 1.90. The largest absolute Gasteiger partial charge is 0.476 e. The lowest BCUT2D eigenvalue weighted by Gasteiger charge is -2.05. The van der Waals surface area contributed by atoms with Gasteiger partial charge in [0.15, 0.2) is 11.3 Å². The fourth-order valence-corrected chi connectivity index (χ4v) is 1.90. The SMILES string of the molecule is O=C(O)c1cc2nc(C(F)F)cc(C3CC3)n2n1. The molecule has 0 atom stereocenters. The molecule has 0 saturated heterocycles. The Bertz CT molecular complexity index is 634. The topological polar surface area (TPSA) is 67.5 Å². The molecule has 0 aliphatic heterocycles. The highest BCUT2D eigenvalue weighted by Gasteiger charge is 2.29. The lowest BCUT2D eigenvalue weighted by molar-refractivity contribution is 0.0690. The molecule has 0 spiro atoms. The summed E-state index contributed by atoms with van der Waals surface area (Å²) in [4.78, 5) is 14.6. The summed E-state index contributed by atoms with van der Waals surface area (Å²) in [6.45, 7) is 0. The predicted molar refractivity (Wildman–Crippen MR) is 56.9 cm³/mol. The molecule has 0 bridgehead atoms. The maximum absolute atomic E-state index is 12.7. The van der Waals surface area contributed by atoms with Crippen molar-refractivity contribution >= 4 is 11.6 Å². The molecule has 1 aliphatic rings. The normalized spacial score (nSPS) is 15.5. The van der Waals surface area contributed by atoms with Crippen molar-refractivity contribution < 1.29 is 18.7 Å². The van der Waals surface area contributed by atoms with Crippen molar-refractivity contribution in [1.29, 1.82) is 0 Å². The number of halogens is 2. The van der Waals surface area contributed by atoms with Gasteiger partial charge in [-0.2, -0.15) is 5.10 Å². The van der Waals surface area contributed by atoms with Crippen molar-refractivity contribution in [3.05, 3.63) is 29.2 Å². The van der Waals surface area contributed by atoms with Gasteiger partial charge in [0.25, 0.3) is 6.43 Å². The second-order valence-corrected chi connectivity index (χ2v) is 4.29. The molecule has 0 radical (unpaired) electrons. The molecule has 0 aromatic carbocycles. The van der Waals surface area contributed by atoms with E-state index in [0.29, 0.717) is 5.69 Å². The Kier molecular flexibility index (Phi) is 2.29. The highest BCUT2D eigenvalue weighted by molar-refractivity contribution is 5.86. The zero-order chi connectivity index (χ0) is 12.9. The number of alkyl halides is 2. The Morgan fingerprint density at radius 3 is 2.72 bits per heavy atom. The van der Waals surface area contributed by atoms with Gasteiger partial charge in [-0.25, -0.2) is 23.1 Å². The van der Waals surface area contributed by atoms with Crippen molar-refractivity contribution in [2.45, 2.75) is 25.2 Å². The molecule has 0 unspecified atom stereocenters. The monoisotopic (exact) mass is 253 g/mol. The van der Waals surface area contributed by atoms with E-state index in [9.17, 15) is 13.6 Å². The van der Waals surface area contributed by atoms with Crippen LogP contribution in [-0.4, -0.2) is 25.7 Å². The standard InChI is InChI=1S/C11H9F2N3O2/c12-10(13)6-3-8(5-1-2-5)16-9(14-6)4-7(15-16)11(17)18/h3-5,10H,1-2H2,(H,17,18). The minimum Gasteiger partial charge on any atom is -0.476 e. The summed E-state index contributed by atoms with van der Waals surface area (Å²) < 4.78 is 26.8. The number of nitrogens with zero attached hydrogens (tertiary/aromatic N) is 3. The van der Waals surface area contributed by atoms with E-state index in [1.54, 1.807) is 0 Å². The molecule has 2 aromatic heterocycles. The molecule has 18 heavy (non-hydrogen) atoms. The van der Waals surface area contributed by atoms with Crippen LogP contribution in [-0.2, 0) is 0 Å². The van der Waals surface area contributed by atoms with E-state index in [2.05, 4.69) is 10.1 Å². The summed E-state index contributed by atoms with van der Waals surface area (Å²) in [7, 11) is 0. The highest BCUT2D eigenvalue weighted by atomic mass is 19.3. The first-order valence-corrected chi connectivity index (χ1v) is 5.48. The summed E-state index contributed by atoms with van der Waals surface area (Å²) in [6.07, 6.45) is -0.857. The van der Waals surface area contributed by atoms with Gasteiger partial charge >= 0.3 is 5.97 Å². The van der Waals surface area contributed by atoms with E-state index >= 15 is 0 Å². The lowest BCUT2D eigenvalue weighted by Crippen LogP contribution is -2.04. The number of carboxylic acid groups (broad SMARTS) is 1. The number of hydrogen-bond acceptors (Lipinski definition) is 3. The van der Waals surface area contributed by atoms with Gasteiger partial charge in [-0.1, -0.05) is 0 Å². The van der Waals surface area contributed by atoms with Crippen LogP contribution in [0.2, 0.25) is 0 Å². The number of aromatic nitrogens is 3. The van der Waals surface area contributed by atoms with Gasteiger partial charge in [-0.3, -0.25) is 0 Å². The lowest BCUT2D eigenvalue weighted by atomic mass is 10.2. The number of rotatable bonds is 3. The highest BCUT2D eigenvalue weighted by Crippen LogP contribution is 2.40. The first-order valence-electron chi connectivity index (χ1n) is 5.48. The van der Waals surface area contributed by atoms with E-state index in [1.165, 1.54) is 16.6 Å². The predicted octanol–water partition coefficient (Wildman–Crippen LogP) is 2.24. The summed E-state index contributed by atoms with van der Waals surface area (Å²) in [5.74, 6) is -1.02. The molecule has 1 saturated carbocycles. The average molecular weight is 253 g/mol. The van der Waals surface area contributed by atoms with Crippen LogP contribution in [0.5, 0.6) is 0 Å². The Labute approximate surface area is 100 Å². The van der Waals surface area contributed by atoms with Gasteiger partial charge in [-0.05, 0) is 18.9 Å². The Hall–Kier alpha value is -2.05. The van der Waals surface area contributed by atoms with Crippen LogP contribution in [0, 0.1) is 0 Å². The van der Waals surface area contributed by atoms with Gasteiger partial charge in [0, 0.05) is 17.7 Å². The molecular formula is C11H9F2N3O2. The molecule has 3 rings (SSSR count). The summed E-state index contributed by atoms with van der Waals surface area (Å²) in [6, 6.07) is 2.52. The zero-order valence-corrected chi connectivity index (χ0v) is 9.18. The minimum atomic E-state index is -2.67. The van der Waals surface area contributed by atoms with Crippen LogP contribution in [0.3, 0.4) is 0 Å². The Balaban J connectivity index is 2.24. The van der Waals surface area contributed by atoms with Crippen LogP contribution < -0.4 is 0 Å². The molecule has 2 heterocycles. The van der Waals surface area contributed by atoms with Gasteiger partial charge in [0.05, 0.1) is 0 Å². The quantitative estimate of drug-likeness (QED) is 0.910. The molecule has 1 fully saturated rings. The van der Waals surface area contributed by atoms with Crippen molar-refractivity contribution in [2.24, 2.45) is 0 Å². The van der Waals surface area contributed by atoms with E-state index < -0.39 is 12.4 Å². The smallest absolute Gasteiger partial charge is 0.356 e. The maximum atomic E-state index is 12.7. The maximum Gasteiger partial charge on any atom is 0.356 e. The summed E-state index contributed by atoms with van der Waals surface area (Å²) in [5.41, 5.74) is 0.256. The molecule has 5 nitrogen and oxygen atoms in total. The van der Waals surface area contributed by atoms with E-state index in [1.807, 2.05) is 0 Å². The molecule has 0 amide bonds. The number of aromatic carboxylic acids is 1. The molecule has 1 aliphatic carbocycles. The van der Waals surface area contributed by atoms with Gasteiger partial charge < -0.3 is 5.11 Å². The number of fused-ring (bicyclic) bond motifs is 1. The number of hydrogen-bond donors (Lipinski definition) is 1. The Morgan fingerprint density at radius 2 is 2.17 bits per heavy atom. The first kappa shape index (κ1) is 11.1. The van der Waals surface area contributed by atoms with Crippen LogP contribution in [0.25, 0.3) is 5.65 Å². The van der Waals surface area contributed by atoms with E-state index in [4.69, 9.17) is 5.11 Å². The second kappa shape index (κ2) is 3.72. The van der Waals surface area contributed by atoms with Crippen molar-refractivity contribution in [1.82, 2.24) is 14.6 Å². The van der Waals surface area contributed by atoms with E-state index in [-0.39, 0.29) is 23.0 Å². The summed E-state index contributed by atoms with van der Waals surface area (Å²) in [5, 5.41) is 12.7. The molecule has 2 aromatic rings. The third-order valence-corrected chi connectivity index (χ3v) is 2.91. The molecule has 7 heteroatoms. The van der Waals surface area contributed by atoms with Gasteiger partial charge in [0.2, 0.25) is 0 Å². The third-order valence-electron chi connectivity index (χ3n) is 2.91. The number of carbonyl (C=O) groups is 1. The van der Waals surface area contributed by atoms with E-state index in [0.717, 1.165) is 12.8 Å². The van der Waals surface area contributed by atoms with Crippen molar-refractivity contribution in [3.8, 4) is 0 Å². The third kappa shape index (κ3) is 1.71. The first-order chi connectivity index (χ1) is 8.56. The van der Waals surface area contributed by atoms with Crippen molar-refractivity contribution in [3.63, 3.8) is 0 Å². The van der Waals surface area contributed by atoms with Crippen LogP contribution in [0.15, 0.2) is 12.1 Å². The number of carboxylic acids is 1. The van der Waals surface area contributed by atoms with Crippen molar-refractivity contribution in [2.75, 3.05) is 0 Å². The zero-order valence-electron chi connectivity index (χ0n) is 9.18. The van der Waals surface area contributed by atoms with Gasteiger partial charge in [0.1, 0.15) is 5.69 Å². The minimum absolute atomic E-state index is 0.159. The molecule has 94 valence electrons. The molecule has 1 N–H and O–H groups in total. The average Bonchev–Trinajstić information content (AvgIpc) is 3.05. The van der Waals surface area contributed by atoms with Gasteiger partial charge in [-0.15, -0.1) is 0 Å². The fraction of sp³-hybridized carbons (Fsp3) is 0.364. The summed E-state index contributed by atoms with van der Waals surface area (Å²) >= 11 is 0. The second-order valence-electron chi connectivity index (χ2n) is 4.29. The van der Waals surface area contributed by atoms with Crippen LogP contribution in [0.4, 0.5) is 8.78 Å². The Morgan fingerprint density at radius 1 is 1.44 bits per heavy atom. The van der Waals surface area contributed by atoms with Crippen LogP contribution >= 0.6 is 0 Å². The van der Waals surface area contributed by atoms with Crippen LogP contribution in [0.1, 0.15) is 47.1 Å². The molecular weight excluding hydrogens is 244 g/mol.